The molecule has 0 amide bonds. The maximum Gasteiger partial charge on any atom is 0.196 e. The Morgan fingerprint density at radius 1 is 1.27 bits per heavy atom. The van der Waals surface area contributed by atoms with Crippen molar-refractivity contribution in [2.45, 2.75) is 19.9 Å². The Labute approximate surface area is 86.3 Å². The van der Waals surface area contributed by atoms with Gasteiger partial charge in [0.05, 0.1) is 11.7 Å². The lowest BCUT2D eigenvalue weighted by Crippen LogP contribution is -2.10. The number of aromatic amines is 1. The Bertz CT molecular complexity index is 407. The third kappa shape index (κ3) is 2.25. The van der Waals surface area contributed by atoms with Gasteiger partial charge in [-0.3, -0.25) is 0 Å². The fraction of sp³-hybridized carbons (Fsp3) is 0.375. The van der Waals surface area contributed by atoms with E-state index >= 15 is 0 Å². The number of hydrogen-bond acceptors (Lipinski definition) is 6. The second-order valence-corrected chi connectivity index (χ2v) is 3.20. The second kappa shape index (κ2) is 3.99. The van der Waals surface area contributed by atoms with Gasteiger partial charge in [-0.2, -0.15) is 10.3 Å². The van der Waals surface area contributed by atoms with Crippen LogP contribution >= 0.6 is 0 Å². The summed E-state index contributed by atoms with van der Waals surface area (Å²) < 4.78 is 0. The van der Waals surface area contributed by atoms with E-state index in [4.69, 9.17) is 0 Å². The number of nitrogens with one attached hydrogen (secondary N) is 2. The van der Waals surface area contributed by atoms with Gasteiger partial charge in [0.15, 0.2) is 5.82 Å². The van der Waals surface area contributed by atoms with E-state index in [1.165, 1.54) is 0 Å². The zero-order chi connectivity index (χ0) is 10.7. The molecule has 0 bridgehead atoms. The van der Waals surface area contributed by atoms with Crippen LogP contribution in [-0.2, 0) is 0 Å². The molecule has 78 valence electrons. The van der Waals surface area contributed by atoms with Crippen molar-refractivity contribution in [3.63, 3.8) is 0 Å². The monoisotopic (exact) mass is 205 g/mol. The number of anilines is 1. The summed E-state index contributed by atoms with van der Waals surface area (Å²) >= 11 is 0. The predicted octanol–water partition coefficient (Wildman–Crippen LogP) is 0.471. The molecule has 2 N–H and O–H groups in total. The summed E-state index contributed by atoms with van der Waals surface area (Å²) in [7, 11) is 0. The molecule has 15 heavy (non-hydrogen) atoms. The predicted molar refractivity (Wildman–Crippen MR) is 53.0 cm³/mol. The smallest absolute Gasteiger partial charge is 0.196 e. The molecule has 0 aromatic carbocycles. The Hall–Kier alpha value is -2.05. The minimum absolute atomic E-state index is 0.0549. The normalized spacial score (nSPS) is 12.4. The fourth-order valence-electron chi connectivity index (χ4n) is 1.12. The van der Waals surface area contributed by atoms with Gasteiger partial charge in [-0.15, -0.1) is 15.3 Å². The molecule has 2 rings (SSSR count). The maximum atomic E-state index is 3.98. The molecule has 7 heteroatoms. The lowest BCUT2D eigenvalue weighted by molar-refractivity contribution is 0.781. The molecule has 0 spiro atoms. The minimum Gasteiger partial charge on any atom is -0.359 e. The Morgan fingerprint density at radius 2 is 2.13 bits per heavy atom. The zero-order valence-corrected chi connectivity index (χ0v) is 8.47. The summed E-state index contributed by atoms with van der Waals surface area (Å²) in [5.41, 5.74) is 0.882. The van der Waals surface area contributed by atoms with E-state index in [1.807, 2.05) is 26.0 Å². The van der Waals surface area contributed by atoms with E-state index in [0.717, 1.165) is 5.69 Å². The lowest BCUT2D eigenvalue weighted by atomic mass is 10.3. The fourth-order valence-corrected chi connectivity index (χ4v) is 1.12. The van der Waals surface area contributed by atoms with Crippen molar-refractivity contribution in [3.8, 4) is 0 Å². The molecule has 0 fully saturated rings. The topological polar surface area (TPSA) is 92.3 Å². The molecule has 2 heterocycles. The van der Waals surface area contributed by atoms with Gasteiger partial charge in [-0.25, -0.2) is 0 Å². The van der Waals surface area contributed by atoms with E-state index in [-0.39, 0.29) is 6.04 Å². The third-order valence-electron chi connectivity index (χ3n) is 1.91. The largest absolute Gasteiger partial charge is 0.359 e. The van der Waals surface area contributed by atoms with Crippen molar-refractivity contribution < 1.29 is 0 Å². The van der Waals surface area contributed by atoms with Gasteiger partial charge in [0, 0.05) is 0 Å². The van der Waals surface area contributed by atoms with Crippen LogP contribution in [-0.4, -0.2) is 30.8 Å². The summed E-state index contributed by atoms with van der Waals surface area (Å²) in [5, 5.41) is 24.7. The number of H-pyrrole nitrogens is 1. The summed E-state index contributed by atoms with van der Waals surface area (Å²) in [6.45, 7) is 3.81. The maximum absolute atomic E-state index is 3.98. The van der Waals surface area contributed by atoms with Gasteiger partial charge in [0.2, 0.25) is 0 Å². The van der Waals surface area contributed by atoms with E-state index in [0.29, 0.717) is 11.6 Å². The van der Waals surface area contributed by atoms with Crippen LogP contribution in [0.1, 0.15) is 24.5 Å². The molecule has 1 unspecified atom stereocenters. The minimum atomic E-state index is -0.0549. The number of rotatable bonds is 3. The highest BCUT2D eigenvalue weighted by atomic mass is 15.5. The van der Waals surface area contributed by atoms with Crippen molar-refractivity contribution in [1.29, 1.82) is 0 Å². The number of hydrogen-bond donors (Lipinski definition) is 2. The first-order valence-corrected chi connectivity index (χ1v) is 4.56. The van der Waals surface area contributed by atoms with Gasteiger partial charge in [0.25, 0.3) is 0 Å². The van der Waals surface area contributed by atoms with Gasteiger partial charge in [-0.1, -0.05) is 5.21 Å². The number of aryl methyl sites for hydroxylation is 1. The molecule has 0 radical (unpaired) electrons. The van der Waals surface area contributed by atoms with Crippen LogP contribution in [0.4, 0.5) is 5.82 Å². The second-order valence-electron chi connectivity index (χ2n) is 3.20. The first-order valence-electron chi connectivity index (χ1n) is 4.56. The number of nitrogens with zero attached hydrogens (tertiary/aromatic N) is 5. The highest BCUT2D eigenvalue weighted by Gasteiger charge is 2.10. The highest BCUT2D eigenvalue weighted by molar-refractivity contribution is 5.34. The SMILES string of the molecule is Cc1ccc(NC(C)c2nn[nH]n2)nn1. The molecule has 0 saturated carbocycles. The summed E-state index contributed by atoms with van der Waals surface area (Å²) in [5.74, 6) is 1.29. The zero-order valence-electron chi connectivity index (χ0n) is 8.47. The Morgan fingerprint density at radius 3 is 2.73 bits per heavy atom. The number of aromatic nitrogens is 6. The molecular weight excluding hydrogens is 194 g/mol. The van der Waals surface area contributed by atoms with Crippen LogP contribution in [0.15, 0.2) is 12.1 Å². The van der Waals surface area contributed by atoms with Crippen molar-refractivity contribution in [1.82, 2.24) is 30.8 Å². The van der Waals surface area contributed by atoms with Crippen LogP contribution in [0.2, 0.25) is 0 Å². The van der Waals surface area contributed by atoms with E-state index < -0.39 is 0 Å². The summed E-state index contributed by atoms with van der Waals surface area (Å²) in [6.07, 6.45) is 0. The quantitative estimate of drug-likeness (QED) is 0.756. The van der Waals surface area contributed by atoms with Crippen molar-refractivity contribution >= 4 is 5.82 Å². The molecule has 0 saturated heterocycles. The number of tetrazole rings is 1. The lowest BCUT2D eigenvalue weighted by Gasteiger charge is -2.09. The van der Waals surface area contributed by atoms with Gasteiger partial charge >= 0.3 is 0 Å². The molecule has 0 aliphatic rings. The van der Waals surface area contributed by atoms with E-state index in [9.17, 15) is 0 Å². The third-order valence-corrected chi connectivity index (χ3v) is 1.91. The molecule has 2 aromatic rings. The van der Waals surface area contributed by atoms with Crippen molar-refractivity contribution in [2.75, 3.05) is 5.32 Å². The van der Waals surface area contributed by atoms with E-state index in [2.05, 4.69) is 36.1 Å². The molecule has 2 aromatic heterocycles. The van der Waals surface area contributed by atoms with Crippen LogP contribution in [0, 0.1) is 6.92 Å². The molecular formula is C8H11N7. The molecule has 0 aliphatic carbocycles. The highest BCUT2D eigenvalue weighted by Crippen LogP contribution is 2.11. The summed E-state index contributed by atoms with van der Waals surface area (Å²) in [6, 6.07) is 3.69. The average Bonchev–Trinajstić information content (AvgIpc) is 2.74. The van der Waals surface area contributed by atoms with Crippen molar-refractivity contribution in [3.05, 3.63) is 23.7 Å². The van der Waals surface area contributed by atoms with Gasteiger partial charge < -0.3 is 5.32 Å². The van der Waals surface area contributed by atoms with Gasteiger partial charge in [0.1, 0.15) is 5.82 Å². The molecule has 7 nitrogen and oxygen atoms in total. The standard InChI is InChI=1S/C8H11N7/c1-5-3-4-7(11-10-5)9-6(2)8-12-14-15-13-8/h3-4,6H,1-2H3,(H,9,11)(H,12,13,14,15). The summed E-state index contributed by atoms with van der Waals surface area (Å²) in [4.78, 5) is 0. The van der Waals surface area contributed by atoms with Gasteiger partial charge in [-0.05, 0) is 26.0 Å². The van der Waals surface area contributed by atoms with Crippen LogP contribution in [0.5, 0.6) is 0 Å². The van der Waals surface area contributed by atoms with Crippen molar-refractivity contribution in [2.24, 2.45) is 0 Å². The molecule has 1 atom stereocenters. The first kappa shape index (κ1) is 9.50. The first-order chi connectivity index (χ1) is 7.25. The van der Waals surface area contributed by atoms with Crippen LogP contribution in [0.25, 0.3) is 0 Å². The Kier molecular flexibility index (Phi) is 2.53. The van der Waals surface area contributed by atoms with Crippen LogP contribution in [0.3, 0.4) is 0 Å². The van der Waals surface area contributed by atoms with Crippen LogP contribution < -0.4 is 5.32 Å². The molecule has 0 aliphatic heterocycles. The Balaban J connectivity index is 2.06. The van der Waals surface area contributed by atoms with E-state index in [1.54, 1.807) is 0 Å². The average molecular weight is 205 g/mol.